The van der Waals surface area contributed by atoms with Gasteiger partial charge < -0.3 is 4.74 Å². The first-order chi connectivity index (χ1) is 18.1. The van der Waals surface area contributed by atoms with Crippen LogP contribution in [0.25, 0.3) is 37.6 Å². The van der Waals surface area contributed by atoms with Gasteiger partial charge >= 0.3 is 24.8 Å². The molecule has 0 bridgehead atoms. The minimum absolute atomic E-state index is 1.00. The molecular weight excluding hydrogens is 657 g/mol. The molecule has 0 aromatic carbocycles. The molecule has 6 aromatic heterocycles. The van der Waals surface area contributed by atoms with E-state index in [1.807, 2.05) is 68.0 Å². The van der Waals surface area contributed by atoms with Crippen molar-refractivity contribution in [2.45, 2.75) is 51.9 Å². The third kappa shape index (κ3) is 8.20. The van der Waals surface area contributed by atoms with E-state index in [-0.39, 0.29) is 0 Å². The van der Waals surface area contributed by atoms with E-state index in [2.05, 4.69) is 82.6 Å². The van der Waals surface area contributed by atoms with Crippen molar-refractivity contribution in [3.63, 3.8) is 0 Å². The predicted octanol–water partition coefficient (Wildman–Crippen LogP) is 12.2. The average molecular weight is 686 g/mol. The molecule has 0 amide bonds. The second kappa shape index (κ2) is 15.6. The summed E-state index contributed by atoms with van der Waals surface area (Å²) in [6, 6.07) is 9.07. The number of unbranched alkanes of at least 4 members (excludes halogenated alkanes) is 3. The first kappa shape index (κ1) is 29.9. The van der Waals surface area contributed by atoms with Crippen LogP contribution in [0.3, 0.4) is 0 Å². The van der Waals surface area contributed by atoms with E-state index < -0.39 is 0 Å². The summed E-state index contributed by atoms with van der Waals surface area (Å²) in [5, 5.41) is 4.33. The van der Waals surface area contributed by atoms with E-state index in [4.69, 9.17) is 4.74 Å². The maximum Gasteiger partial charge on any atom is 0.0629 e. The van der Waals surface area contributed by atoms with Gasteiger partial charge in [0.15, 0.2) is 0 Å². The topological polar surface area (TPSA) is 21.6 Å². The van der Waals surface area contributed by atoms with Crippen LogP contribution in [-0.4, -0.2) is 20.9 Å². The maximum absolute atomic E-state index is 4.94. The van der Waals surface area contributed by atoms with E-state index in [1.165, 1.54) is 86.3 Å². The van der Waals surface area contributed by atoms with Gasteiger partial charge in [0.1, 0.15) is 0 Å². The summed E-state index contributed by atoms with van der Waals surface area (Å²) in [5.74, 6) is 0. The van der Waals surface area contributed by atoms with Gasteiger partial charge in [0, 0.05) is 36.9 Å². The standard InChI is InChI=1S/C14H15BrS3.C8H4S3.C4H8O.BHNS/c1-2-3-4-5-6-9-7-10-13(16-9)14-11(17-10)8-12(15)18-14;1-3-9-7-5(1)11-6-2-4-10-8(6)7;1-2-4-5-3-1;1-2-3/h7-8H,2-6H2,1H3;1-4H;1-4H2;3H. The smallest absolute Gasteiger partial charge is 0.0629 e. The van der Waals surface area contributed by atoms with E-state index in [0.29, 0.717) is 0 Å². The van der Waals surface area contributed by atoms with Crippen molar-refractivity contribution in [2.75, 3.05) is 13.2 Å². The SMILES string of the molecule is C1CCOC1.CCCCCCc1cc2sc3cc(Br)sc3c2s1.[B]=NS.c1cc2sc3ccsc3c2s1. The Bertz CT molecular complexity index is 1460. The van der Waals surface area contributed by atoms with Gasteiger partial charge in [0.05, 0.1) is 22.6 Å². The van der Waals surface area contributed by atoms with Gasteiger partial charge in [0.25, 0.3) is 0 Å². The predicted molar refractivity (Wildman–Crippen MR) is 183 cm³/mol. The molecule has 0 unspecified atom stereocenters. The zero-order valence-corrected chi connectivity index (χ0v) is 27.9. The normalized spacial score (nSPS) is 12.8. The molecule has 0 N–H and O–H groups in total. The van der Waals surface area contributed by atoms with Gasteiger partial charge in [0.2, 0.25) is 0 Å². The molecule has 11 heteroatoms. The Balaban J connectivity index is 0.000000141. The second-order valence-corrected chi connectivity index (χ2v) is 16.1. The second-order valence-electron chi connectivity index (χ2n) is 8.33. The average Bonchev–Trinajstić information content (AvgIpc) is 3.69. The zero-order valence-electron chi connectivity index (χ0n) is 20.5. The van der Waals surface area contributed by atoms with Crippen LogP contribution in [0.4, 0.5) is 0 Å². The minimum atomic E-state index is 1.00. The molecule has 1 aliphatic heterocycles. The number of rotatable bonds is 5. The van der Waals surface area contributed by atoms with Crippen LogP contribution < -0.4 is 0 Å². The number of fused-ring (bicyclic) bond motifs is 6. The molecule has 2 nitrogen and oxygen atoms in total. The van der Waals surface area contributed by atoms with E-state index in [1.54, 1.807) is 4.88 Å². The van der Waals surface area contributed by atoms with Crippen molar-refractivity contribution in [1.29, 1.82) is 0 Å². The minimum Gasteiger partial charge on any atom is -0.141 e. The first-order valence-electron chi connectivity index (χ1n) is 12.2. The molecule has 1 fully saturated rings. The Morgan fingerprint density at radius 1 is 0.838 bits per heavy atom. The third-order valence-electron chi connectivity index (χ3n) is 5.63. The molecule has 37 heavy (non-hydrogen) atoms. The number of hydrogen-bond acceptors (Lipinski definition) is 9. The molecule has 7 heterocycles. The number of nitrogens with zero attached hydrogens (tertiary/aromatic N) is 1. The van der Waals surface area contributed by atoms with Crippen LogP contribution >= 0.6 is 96.8 Å². The number of halogens is 1. The quantitative estimate of drug-likeness (QED) is 0.109. The summed E-state index contributed by atoms with van der Waals surface area (Å²) in [6.07, 6.45) is 9.24. The summed E-state index contributed by atoms with van der Waals surface area (Å²) >= 11 is 18.2. The van der Waals surface area contributed by atoms with Crippen molar-refractivity contribution in [1.82, 2.24) is 0 Å². The number of aryl methyl sites for hydroxylation is 1. The van der Waals surface area contributed by atoms with Crippen LogP contribution in [0.1, 0.15) is 50.3 Å². The maximum atomic E-state index is 4.94. The summed E-state index contributed by atoms with van der Waals surface area (Å²) < 4.78 is 20.6. The van der Waals surface area contributed by atoms with Crippen molar-refractivity contribution < 1.29 is 4.74 Å². The van der Waals surface area contributed by atoms with E-state index >= 15 is 0 Å². The first-order valence-corrected chi connectivity index (χ1v) is 18.4. The Morgan fingerprint density at radius 2 is 1.43 bits per heavy atom. The molecule has 0 atom stereocenters. The molecule has 0 aliphatic carbocycles. The number of thiophene rings is 6. The molecule has 195 valence electrons. The Hall–Kier alpha value is -0.105. The zero-order chi connectivity index (χ0) is 26.0. The van der Waals surface area contributed by atoms with Gasteiger partial charge in [-0.3, -0.25) is 0 Å². The largest absolute Gasteiger partial charge is 0.141 e. The number of thiol groups is 1. The van der Waals surface area contributed by atoms with Crippen molar-refractivity contribution in [2.24, 2.45) is 4.30 Å². The molecule has 1 saturated heterocycles. The van der Waals surface area contributed by atoms with Gasteiger partial charge in [-0.05, 0) is 76.6 Å². The van der Waals surface area contributed by atoms with Gasteiger partial charge in [-0.1, -0.05) is 26.2 Å². The van der Waals surface area contributed by atoms with Crippen molar-refractivity contribution in [3.05, 3.63) is 43.7 Å². The molecule has 6 aromatic rings. The molecule has 7 rings (SSSR count). The summed E-state index contributed by atoms with van der Waals surface area (Å²) in [5.41, 5.74) is 0. The van der Waals surface area contributed by atoms with E-state index in [9.17, 15) is 0 Å². The van der Waals surface area contributed by atoms with Crippen LogP contribution in [0.15, 0.2) is 43.1 Å². The van der Waals surface area contributed by atoms with Crippen LogP contribution in [0, 0.1) is 0 Å². The fourth-order valence-corrected chi connectivity index (χ4v) is 12.1. The van der Waals surface area contributed by atoms with E-state index in [0.717, 1.165) is 13.2 Å². The van der Waals surface area contributed by atoms with Crippen molar-refractivity contribution in [3.8, 4) is 0 Å². The molecule has 0 spiro atoms. The fourth-order valence-electron chi connectivity index (χ4n) is 3.92. The Kier molecular flexibility index (Phi) is 12.6. The van der Waals surface area contributed by atoms with Crippen LogP contribution in [0.2, 0.25) is 0 Å². The van der Waals surface area contributed by atoms with Crippen LogP contribution in [-0.2, 0) is 11.2 Å². The van der Waals surface area contributed by atoms with Gasteiger partial charge in [-0.15, -0.1) is 68.0 Å². The molecule has 1 aliphatic rings. The summed E-state index contributed by atoms with van der Waals surface area (Å²) in [7, 11) is 4.34. The molecular formula is C26H28BBrNOS7. The Labute approximate surface area is 257 Å². The number of ether oxygens (including phenoxy) is 1. The monoisotopic (exact) mass is 684 g/mol. The fraction of sp³-hybridized carbons (Fsp3) is 0.385. The Morgan fingerprint density at radius 3 is 2.03 bits per heavy atom. The third-order valence-corrected chi connectivity index (χ3v) is 13.3. The van der Waals surface area contributed by atoms with Gasteiger partial charge in [-0.25, -0.2) is 0 Å². The van der Waals surface area contributed by atoms with Crippen LogP contribution in [0.5, 0.6) is 0 Å². The molecule has 1 radical (unpaired) electrons. The summed E-state index contributed by atoms with van der Waals surface area (Å²) in [4.78, 5) is 1.57. The van der Waals surface area contributed by atoms with Crippen molar-refractivity contribution >= 4 is 142 Å². The van der Waals surface area contributed by atoms with Gasteiger partial charge in [-0.2, -0.15) is 0 Å². The number of hydrogen-bond donors (Lipinski definition) is 1. The molecule has 0 saturated carbocycles. The summed E-state index contributed by atoms with van der Waals surface area (Å²) in [6.45, 7) is 4.27.